The van der Waals surface area contributed by atoms with Crippen LogP contribution >= 0.6 is 11.6 Å². The van der Waals surface area contributed by atoms with Gasteiger partial charge in [0.05, 0.1) is 28.4 Å². The summed E-state index contributed by atoms with van der Waals surface area (Å²) in [6, 6.07) is 16.6. The Morgan fingerprint density at radius 1 is 1.06 bits per heavy atom. The van der Waals surface area contributed by atoms with Crippen LogP contribution in [-0.2, 0) is 10.0 Å². The van der Waals surface area contributed by atoms with Crippen molar-refractivity contribution in [3.63, 3.8) is 0 Å². The lowest BCUT2D eigenvalue weighted by Crippen LogP contribution is -2.20. The molecule has 0 aliphatic carbocycles. The molecule has 0 aliphatic heterocycles. The number of rotatable bonds is 7. The van der Waals surface area contributed by atoms with Crippen molar-refractivity contribution in [2.45, 2.75) is 11.8 Å². The number of nitrogens with one attached hydrogen (secondary N) is 2. The van der Waals surface area contributed by atoms with E-state index in [-0.39, 0.29) is 26.9 Å². The van der Waals surface area contributed by atoms with Gasteiger partial charge in [-0.15, -0.1) is 0 Å². The molecule has 0 aromatic heterocycles. The zero-order chi connectivity index (χ0) is 23.3. The number of phenols is 1. The fraction of sp³-hybridized carbons (Fsp3) is 0.0909. The lowest BCUT2D eigenvalue weighted by molar-refractivity contribution is 0.0954. The summed E-state index contributed by atoms with van der Waals surface area (Å²) in [6.07, 6.45) is 0. The second kappa shape index (κ2) is 9.71. The van der Waals surface area contributed by atoms with Crippen LogP contribution in [0.25, 0.3) is 0 Å². The zero-order valence-corrected chi connectivity index (χ0v) is 18.7. The van der Waals surface area contributed by atoms with Gasteiger partial charge in [0.25, 0.3) is 15.9 Å². The number of nitrogens with zero attached hydrogens (tertiary/aromatic N) is 1. The van der Waals surface area contributed by atoms with Gasteiger partial charge in [0.1, 0.15) is 11.5 Å². The Balaban J connectivity index is 1.78. The number of hydrogen-bond acceptors (Lipinski definition) is 6. The monoisotopic (exact) mass is 473 g/mol. The molecule has 0 fully saturated rings. The molecule has 166 valence electrons. The normalized spacial score (nSPS) is 11.7. The number of para-hydroxylation sites is 1. The number of methoxy groups -OCH3 is 1. The van der Waals surface area contributed by atoms with E-state index in [0.717, 1.165) is 0 Å². The van der Waals surface area contributed by atoms with Gasteiger partial charge in [0.2, 0.25) is 0 Å². The van der Waals surface area contributed by atoms with Crippen LogP contribution < -0.4 is 14.9 Å². The van der Waals surface area contributed by atoms with Crippen LogP contribution in [0.5, 0.6) is 11.5 Å². The molecule has 32 heavy (non-hydrogen) atoms. The first-order valence-electron chi connectivity index (χ1n) is 9.30. The fourth-order valence-corrected chi connectivity index (χ4v) is 4.12. The number of carbonyl (C=O) groups is 1. The molecule has 3 N–H and O–H groups in total. The first-order valence-corrected chi connectivity index (χ1v) is 11.2. The highest BCUT2D eigenvalue weighted by Gasteiger charge is 2.18. The van der Waals surface area contributed by atoms with Gasteiger partial charge < -0.3 is 9.84 Å². The SMILES string of the molecule is COc1ccc(/C(C)=N/NC(=O)c2cccc(S(=O)(=O)Nc3ccccc3Cl)c2)c(O)c1. The third-order valence-electron chi connectivity index (χ3n) is 4.44. The number of aromatic hydroxyl groups is 1. The average molecular weight is 474 g/mol. The van der Waals surface area contributed by atoms with Gasteiger partial charge in [-0.3, -0.25) is 9.52 Å². The third kappa shape index (κ3) is 5.37. The van der Waals surface area contributed by atoms with Gasteiger partial charge in [-0.1, -0.05) is 29.8 Å². The van der Waals surface area contributed by atoms with Crippen molar-refractivity contribution >= 4 is 38.9 Å². The van der Waals surface area contributed by atoms with Gasteiger partial charge in [0, 0.05) is 17.2 Å². The summed E-state index contributed by atoms with van der Waals surface area (Å²) >= 11 is 6.02. The first-order chi connectivity index (χ1) is 15.2. The van der Waals surface area contributed by atoms with Crippen LogP contribution in [0, 0.1) is 0 Å². The Hall–Kier alpha value is -3.56. The van der Waals surface area contributed by atoms with Gasteiger partial charge >= 0.3 is 0 Å². The lowest BCUT2D eigenvalue weighted by atomic mass is 10.1. The molecular weight excluding hydrogens is 454 g/mol. The Bertz CT molecular complexity index is 1290. The molecule has 0 saturated heterocycles. The predicted octanol–water partition coefficient (Wildman–Crippen LogP) is 4.01. The number of hydrazone groups is 1. The molecular formula is C22H20ClN3O5S. The summed E-state index contributed by atoms with van der Waals surface area (Å²) in [5, 5.41) is 14.3. The molecule has 0 atom stereocenters. The van der Waals surface area contributed by atoms with Crippen LogP contribution in [0.4, 0.5) is 5.69 Å². The van der Waals surface area contributed by atoms with Crippen molar-refractivity contribution in [3.05, 3.63) is 82.9 Å². The number of ether oxygens (including phenoxy) is 1. The Labute approximate surface area is 190 Å². The Morgan fingerprint density at radius 3 is 2.50 bits per heavy atom. The Kier molecular flexibility index (Phi) is 7.01. The number of carbonyl (C=O) groups excluding carboxylic acids is 1. The number of phenolic OH excluding ortho intramolecular Hbond substituents is 1. The molecule has 1 amide bonds. The molecule has 10 heteroatoms. The maximum absolute atomic E-state index is 12.7. The molecule has 0 radical (unpaired) electrons. The standard InChI is InChI=1S/C22H20ClN3O5S/c1-14(18-11-10-16(31-2)13-21(18)27)24-25-22(28)15-6-5-7-17(12-15)32(29,30)26-20-9-4-3-8-19(20)23/h3-13,26-27H,1-2H3,(H,25,28)/b24-14+. The predicted molar refractivity (Wildman–Crippen MR) is 123 cm³/mol. The van der Waals surface area contributed by atoms with E-state index in [1.807, 2.05) is 0 Å². The summed E-state index contributed by atoms with van der Waals surface area (Å²) in [4.78, 5) is 12.4. The van der Waals surface area contributed by atoms with Gasteiger partial charge in [0.15, 0.2) is 0 Å². The summed E-state index contributed by atoms with van der Waals surface area (Å²) in [5.41, 5.74) is 3.43. The van der Waals surface area contributed by atoms with Crippen molar-refractivity contribution < 1.29 is 23.1 Å². The van der Waals surface area contributed by atoms with Crippen molar-refractivity contribution in [2.24, 2.45) is 5.10 Å². The smallest absolute Gasteiger partial charge is 0.271 e. The van der Waals surface area contributed by atoms with Crippen LogP contribution in [0.3, 0.4) is 0 Å². The molecule has 0 saturated carbocycles. The van der Waals surface area contributed by atoms with E-state index in [9.17, 15) is 18.3 Å². The fourth-order valence-electron chi connectivity index (χ4n) is 2.76. The van der Waals surface area contributed by atoms with E-state index in [4.69, 9.17) is 16.3 Å². The molecule has 3 aromatic rings. The highest BCUT2D eigenvalue weighted by Crippen LogP contribution is 2.25. The average Bonchev–Trinajstić information content (AvgIpc) is 2.78. The maximum atomic E-state index is 12.7. The van der Waals surface area contributed by atoms with Crippen molar-refractivity contribution in [1.29, 1.82) is 0 Å². The van der Waals surface area contributed by atoms with Crippen molar-refractivity contribution in [1.82, 2.24) is 5.43 Å². The molecule has 3 rings (SSSR count). The molecule has 0 spiro atoms. The van der Waals surface area contributed by atoms with E-state index in [1.54, 1.807) is 37.3 Å². The summed E-state index contributed by atoms with van der Waals surface area (Å²) in [7, 11) is -2.49. The number of benzene rings is 3. The van der Waals surface area contributed by atoms with Crippen LogP contribution in [0.1, 0.15) is 22.8 Å². The number of halogens is 1. The van der Waals surface area contributed by atoms with Crippen molar-refractivity contribution in [3.8, 4) is 11.5 Å². The van der Waals surface area contributed by atoms with Gasteiger partial charge in [-0.05, 0) is 49.4 Å². The van der Waals surface area contributed by atoms with E-state index in [2.05, 4.69) is 15.2 Å². The lowest BCUT2D eigenvalue weighted by Gasteiger charge is -2.10. The van der Waals surface area contributed by atoms with Crippen molar-refractivity contribution in [2.75, 3.05) is 11.8 Å². The first kappa shape index (κ1) is 23.1. The number of anilines is 1. The minimum absolute atomic E-state index is 0.0569. The molecule has 0 bridgehead atoms. The number of amides is 1. The molecule has 3 aromatic carbocycles. The number of sulfonamides is 1. The quantitative estimate of drug-likeness (QED) is 0.354. The second-order valence-corrected chi connectivity index (χ2v) is 8.72. The summed E-state index contributed by atoms with van der Waals surface area (Å²) < 4.78 is 32.8. The van der Waals surface area contributed by atoms with E-state index in [1.165, 1.54) is 43.5 Å². The summed E-state index contributed by atoms with van der Waals surface area (Å²) in [6.45, 7) is 1.61. The maximum Gasteiger partial charge on any atom is 0.271 e. The van der Waals surface area contributed by atoms with E-state index >= 15 is 0 Å². The second-order valence-electron chi connectivity index (χ2n) is 6.63. The largest absolute Gasteiger partial charge is 0.507 e. The van der Waals surface area contributed by atoms with Crippen LogP contribution in [-0.4, -0.2) is 32.3 Å². The summed E-state index contributed by atoms with van der Waals surface area (Å²) in [5.74, 6) is -0.197. The van der Waals surface area contributed by atoms with Gasteiger partial charge in [-0.2, -0.15) is 5.10 Å². The van der Waals surface area contributed by atoms with Gasteiger partial charge in [-0.25, -0.2) is 13.8 Å². The molecule has 0 aliphatic rings. The minimum Gasteiger partial charge on any atom is -0.507 e. The minimum atomic E-state index is -3.97. The van der Waals surface area contributed by atoms with Crippen LogP contribution in [0.2, 0.25) is 5.02 Å². The molecule has 0 heterocycles. The Morgan fingerprint density at radius 2 is 1.81 bits per heavy atom. The van der Waals surface area contributed by atoms with Crippen LogP contribution in [0.15, 0.2) is 76.7 Å². The zero-order valence-electron chi connectivity index (χ0n) is 17.2. The third-order valence-corrected chi connectivity index (χ3v) is 6.14. The number of hydrogen-bond donors (Lipinski definition) is 3. The molecule has 0 unspecified atom stereocenters. The van der Waals surface area contributed by atoms with E-state index in [0.29, 0.717) is 17.0 Å². The van der Waals surface area contributed by atoms with E-state index < -0.39 is 15.9 Å². The highest BCUT2D eigenvalue weighted by molar-refractivity contribution is 7.92. The molecule has 8 nitrogen and oxygen atoms in total. The topological polar surface area (TPSA) is 117 Å². The highest BCUT2D eigenvalue weighted by atomic mass is 35.5.